The van der Waals surface area contributed by atoms with Gasteiger partial charge in [0.05, 0.1) is 19.3 Å². The van der Waals surface area contributed by atoms with Gasteiger partial charge in [0.1, 0.15) is 0 Å². The van der Waals surface area contributed by atoms with E-state index in [1.807, 2.05) is 11.8 Å². The highest BCUT2D eigenvalue weighted by atomic mass is 16.5. The van der Waals surface area contributed by atoms with Gasteiger partial charge < -0.3 is 15.0 Å². The van der Waals surface area contributed by atoms with Crippen molar-refractivity contribution in [3.05, 3.63) is 0 Å². The highest BCUT2D eigenvalue weighted by molar-refractivity contribution is 5.81. The predicted molar refractivity (Wildman–Crippen MR) is 75.2 cm³/mol. The number of rotatable bonds is 5. The van der Waals surface area contributed by atoms with Crippen molar-refractivity contribution in [2.45, 2.75) is 32.2 Å². The Hall–Kier alpha value is -0.650. The quantitative estimate of drug-likeness (QED) is 0.780. The first-order valence-corrected chi connectivity index (χ1v) is 7.59. The van der Waals surface area contributed by atoms with Gasteiger partial charge in [-0.25, -0.2) is 0 Å². The molecule has 0 radical (unpaired) electrons. The normalized spacial score (nSPS) is 23.3. The summed E-state index contributed by atoms with van der Waals surface area (Å²) >= 11 is 0. The van der Waals surface area contributed by atoms with Gasteiger partial charge >= 0.3 is 0 Å². The number of carbonyl (C=O) groups excluding carboxylic acids is 1. The van der Waals surface area contributed by atoms with Crippen molar-refractivity contribution in [2.75, 3.05) is 52.5 Å². The molecule has 5 nitrogen and oxygen atoms in total. The summed E-state index contributed by atoms with van der Waals surface area (Å²) in [5.74, 6) is 0.265. The van der Waals surface area contributed by atoms with E-state index in [1.165, 1.54) is 6.42 Å². The summed E-state index contributed by atoms with van der Waals surface area (Å²) in [6, 6.07) is -0.0564. The van der Waals surface area contributed by atoms with Crippen LogP contribution in [-0.2, 0) is 9.53 Å². The zero-order valence-corrected chi connectivity index (χ0v) is 12.1. The van der Waals surface area contributed by atoms with Crippen LogP contribution in [0.4, 0.5) is 0 Å². The Morgan fingerprint density at radius 3 is 2.53 bits per heavy atom. The molecule has 0 aromatic heterocycles. The fourth-order valence-electron chi connectivity index (χ4n) is 2.74. The number of likely N-dealkylation sites (tertiary alicyclic amines) is 1. The summed E-state index contributed by atoms with van der Waals surface area (Å²) in [5.41, 5.74) is 0. The van der Waals surface area contributed by atoms with Crippen LogP contribution in [0.2, 0.25) is 0 Å². The van der Waals surface area contributed by atoms with E-state index >= 15 is 0 Å². The van der Waals surface area contributed by atoms with Gasteiger partial charge in [-0.2, -0.15) is 0 Å². The SMILES string of the molecule is CC(NCCN1CCOCC1)C(=O)N1CCCCC1. The van der Waals surface area contributed by atoms with Crippen molar-refractivity contribution >= 4 is 5.91 Å². The smallest absolute Gasteiger partial charge is 0.239 e. The molecular weight excluding hydrogens is 242 g/mol. The predicted octanol–water partition coefficient (Wildman–Crippen LogP) is 0.309. The minimum absolute atomic E-state index is 0.0564. The molecule has 2 rings (SSSR count). The van der Waals surface area contributed by atoms with E-state index in [9.17, 15) is 4.79 Å². The van der Waals surface area contributed by atoms with Crippen molar-refractivity contribution in [1.29, 1.82) is 0 Å². The second kappa shape index (κ2) is 7.82. The Morgan fingerprint density at radius 1 is 1.16 bits per heavy atom. The lowest BCUT2D eigenvalue weighted by Crippen LogP contribution is -2.49. The van der Waals surface area contributed by atoms with Gasteiger partial charge in [-0.15, -0.1) is 0 Å². The first kappa shape index (κ1) is 14.8. The van der Waals surface area contributed by atoms with Crippen LogP contribution in [0.3, 0.4) is 0 Å². The Bertz CT molecular complexity index is 274. The van der Waals surface area contributed by atoms with Crippen LogP contribution in [-0.4, -0.2) is 74.2 Å². The fourth-order valence-corrected chi connectivity index (χ4v) is 2.74. The Morgan fingerprint density at radius 2 is 1.84 bits per heavy atom. The summed E-state index contributed by atoms with van der Waals surface area (Å²) in [6.07, 6.45) is 3.58. The van der Waals surface area contributed by atoms with E-state index in [-0.39, 0.29) is 11.9 Å². The Balaban J connectivity index is 1.62. The molecule has 1 amide bonds. The lowest BCUT2D eigenvalue weighted by Gasteiger charge is -2.30. The van der Waals surface area contributed by atoms with Gasteiger partial charge in [-0.1, -0.05) is 0 Å². The number of nitrogens with one attached hydrogen (secondary N) is 1. The molecule has 2 aliphatic rings. The Kier molecular flexibility index (Phi) is 6.07. The molecule has 0 saturated carbocycles. The lowest BCUT2D eigenvalue weighted by molar-refractivity contribution is -0.133. The van der Waals surface area contributed by atoms with Crippen molar-refractivity contribution in [1.82, 2.24) is 15.1 Å². The summed E-state index contributed by atoms with van der Waals surface area (Å²) in [4.78, 5) is 16.6. The second-order valence-electron chi connectivity index (χ2n) is 5.52. The van der Waals surface area contributed by atoms with Crippen LogP contribution < -0.4 is 5.32 Å². The standard InChI is InChI=1S/C14H27N3O2/c1-13(14(18)17-6-3-2-4-7-17)15-5-8-16-9-11-19-12-10-16/h13,15H,2-12H2,1H3. The Labute approximate surface area is 116 Å². The average Bonchev–Trinajstić information content (AvgIpc) is 2.48. The number of ether oxygens (including phenoxy) is 1. The number of piperidine rings is 1. The third-order valence-electron chi connectivity index (χ3n) is 4.02. The molecule has 0 aliphatic carbocycles. The number of hydrogen-bond donors (Lipinski definition) is 1. The highest BCUT2D eigenvalue weighted by Crippen LogP contribution is 2.09. The van der Waals surface area contributed by atoms with Crippen LogP contribution >= 0.6 is 0 Å². The monoisotopic (exact) mass is 269 g/mol. The molecule has 2 aliphatic heterocycles. The molecule has 5 heteroatoms. The summed E-state index contributed by atoms with van der Waals surface area (Å²) in [6.45, 7) is 9.43. The highest BCUT2D eigenvalue weighted by Gasteiger charge is 2.21. The third kappa shape index (κ3) is 4.75. The molecule has 2 heterocycles. The minimum Gasteiger partial charge on any atom is -0.379 e. The molecule has 2 saturated heterocycles. The minimum atomic E-state index is -0.0564. The van der Waals surface area contributed by atoms with Crippen LogP contribution in [0.25, 0.3) is 0 Å². The maximum Gasteiger partial charge on any atom is 0.239 e. The van der Waals surface area contributed by atoms with Crippen molar-refractivity contribution in [2.24, 2.45) is 0 Å². The van der Waals surface area contributed by atoms with E-state index in [0.717, 1.165) is 65.3 Å². The molecule has 1 atom stereocenters. The molecule has 2 fully saturated rings. The number of hydrogen-bond acceptors (Lipinski definition) is 4. The maximum absolute atomic E-state index is 12.2. The number of nitrogens with zero attached hydrogens (tertiary/aromatic N) is 2. The third-order valence-corrected chi connectivity index (χ3v) is 4.02. The molecule has 110 valence electrons. The topological polar surface area (TPSA) is 44.8 Å². The molecule has 1 N–H and O–H groups in total. The van der Waals surface area contributed by atoms with Crippen LogP contribution in [0, 0.1) is 0 Å². The van der Waals surface area contributed by atoms with E-state index in [2.05, 4.69) is 10.2 Å². The molecule has 0 bridgehead atoms. The first-order chi connectivity index (χ1) is 9.27. The van der Waals surface area contributed by atoms with E-state index in [4.69, 9.17) is 4.74 Å². The molecule has 0 aromatic rings. The van der Waals surface area contributed by atoms with Gasteiger partial charge in [0.2, 0.25) is 5.91 Å². The average molecular weight is 269 g/mol. The van der Waals surface area contributed by atoms with Gasteiger partial charge in [0.15, 0.2) is 0 Å². The molecule has 0 aromatic carbocycles. The molecular formula is C14H27N3O2. The summed E-state index contributed by atoms with van der Waals surface area (Å²) in [5, 5.41) is 3.35. The maximum atomic E-state index is 12.2. The molecule has 1 unspecified atom stereocenters. The molecule has 0 spiro atoms. The van der Waals surface area contributed by atoms with Crippen LogP contribution in [0.5, 0.6) is 0 Å². The summed E-state index contributed by atoms with van der Waals surface area (Å²) < 4.78 is 5.32. The van der Waals surface area contributed by atoms with E-state index in [0.29, 0.717) is 0 Å². The largest absolute Gasteiger partial charge is 0.379 e. The number of amides is 1. The van der Waals surface area contributed by atoms with E-state index in [1.54, 1.807) is 0 Å². The zero-order valence-electron chi connectivity index (χ0n) is 12.1. The van der Waals surface area contributed by atoms with E-state index < -0.39 is 0 Å². The first-order valence-electron chi connectivity index (χ1n) is 7.59. The van der Waals surface area contributed by atoms with Gasteiger partial charge in [-0.05, 0) is 26.2 Å². The van der Waals surface area contributed by atoms with Crippen LogP contribution in [0.15, 0.2) is 0 Å². The lowest BCUT2D eigenvalue weighted by atomic mass is 10.1. The van der Waals surface area contributed by atoms with Crippen molar-refractivity contribution in [3.63, 3.8) is 0 Å². The zero-order chi connectivity index (χ0) is 13.5. The summed E-state index contributed by atoms with van der Waals surface area (Å²) in [7, 11) is 0. The number of morpholine rings is 1. The fraction of sp³-hybridized carbons (Fsp3) is 0.929. The molecule has 19 heavy (non-hydrogen) atoms. The van der Waals surface area contributed by atoms with Gasteiger partial charge in [0.25, 0.3) is 0 Å². The second-order valence-corrected chi connectivity index (χ2v) is 5.52. The van der Waals surface area contributed by atoms with Crippen molar-refractivity contribution in [3.8, 4) is 0 Å². The number of carbonyl (C=O) groups is 1. The van der Waals surface area contributed by atoms with Gasteiger partial charge in [0, 0.05) is 39.3 Å². The van der Waals surface area contributed by atoms with Crippen LogP contribution in [0.1, 0.15) is 26.2 Å². The van der Waals surface area contributed by atoms with Crippen molar-refractivity contribution < 1.29 is 9.53 Å². The van der Waals surface area contributed by atoms with Gasteiger partial charge in [-0.3, -0.25) is 9.69 Å².